The monoisotopic (exact) mass is 403 g/mol. The number of rotatable bonds is 8. The molecule has 1 unspecified atom stereocenters. The predicted molar refractivity (Wildman–Crippen MR) is 124 cm³/mol. The number of aromatic amines is 1. The van der Waals surface area contributed by atoms with Crippen molar-refractivity contribution in [2.24, 2.45) is 5.73 Å². The van der Waals surface area contributed by atoms with Crippen LogP contribution >= 0.6 is 0 Å². The highest BCUT2D eigenvalue weighted by atomic mass is 16.1. The van der Waals surface area contributed by atoms with Crippen LogP contribution in [0.3, 0.4) is 0 Å². The number of carbonyl (C=O) groups excluding carboxylic acids is 1. The molecule has 1 aliphatic heterocycles. The van der Waals surface area contributed by atoms with Crippen LogP contribution in [0.4, 0.5) is 0 Å². The van der Waals surface area contributed by atoms with Gasteiger partial charge >= 0.3 is 0 Å². The van der Waals surface area contributed by atoms with Gasteiger partial charge in [0.15, 0.2) is 0 Å². The fraction of sp³-hybridized carbons (Fsp3) is 0.423. The number of para-hydroxylation sites is 1. The van der Waals surface area contributed by atoms with Crippen molar-refractivity contribution < 1.29 is 4.79 Å². The molecular weight excluding hydrogens is 370 g/mol. The van der Waals surface area contributed by atoms with E-state index in [2.05, 4.69) is 66.3 Å². The summed E-state index contributed by atoms with van der Waals surface area (Å²) in [6.45, 7) is 5.71. The van der Waals surface area contributed by atoms with Gasteiger partial charge in [0.25, 0.3) is 0 Å². The molecule has 0 aliphatic carbocycles. The van der Waals surface area contributed by atoms with Gasteiger partial charge in [-0.2, -0.15) is 0 Å². The van der Waals surface area contributed by atoms with Crippen LogP contribution in [-0.2, 0) is 30.5 Å². The van der Waals surface area contributed by atoms with Crippen LogP contribution in [0, 0.1) is 0 Å². The van der Waals surface area contributed by atoms with E-state index in [9.17, 15) is 4.79 Å². The van der Waals surface area contributed by atoms with Crippen LogP contribution in [0.2, 0.25) is 0 Å². The summed E-state index contributed by atoms with van der Waals surface area (Å²) in [4.78, 5) is 17.5. The van der Waals surface area contributed by atoms with Crippen molar-refractivity contribution in [1.82, 2.24) is 9.88 Å². The lowest BCUT2D eigenvalue weighted by Crippen LogP contribution is -2.41. The molecule has 30 heavy (non-hydrogen) atoms. The number of fused-ring (bicyclic) bond motifs is 2. The van der Waals surface area contributed by atoms with Gasteiger partial charge in [0.05, 0.1) is 6.54 Å². The average Bonchev–Trinajstić information content (AvgIpc) is 3.15. The molecule has 1 atom stereocenters. The predicted octanol–water partition coefficient (Wildman–Crippen LogP) is 4.70. The summed E-state index contributed by atoms with van der Waals surface area (Å²) in [5.41, 5.74) is 13.9. The van der Waals surface area contributed by atoms with Gasteiger partial charge in [-0.3, -0.25) is 9.69 Å². The number of hydrogen-bond acceptors (Lipinski definition) is 2. The molecule has 1 aliphatic rings. The molecule has 0 fully saturated rings. The average molecular weight is 404 g/mol. The summed E-state index contributed by atoms with van der Waals surface area (Å²) in [5, 5.41) is 1.29. The molecule has 0 saturated heterocycles. The number of aromatic nitrogens is 1. The lowest BCUT2D eigenvalue weighted by molar-refractivity contribution is -0.119. The first-order valence-electron chi connectivity index (χ1n) is 11.3. The Morgan fingerprint density at radius 3 is 2.73 bits per heavy atom. The van der Waals surface area contributed by atoms with E-state index in [1.54, 1.807) is 0 Å². The fourth-order valence-electron chi connectivity index (χ4n) is 5.09. The number of carbonyl (C=O) groups is 1. The molecule has 4 heteroatoms. The van der Waals surface area contributed by atoms with Crippen molar-refractivity contribution in [2.45, 2.75) is 58.4 Å². The zero-order chi connectivity index (χ0) is 21.1. The fourth-order valence-corrected chi connectivity index (χ4v) is 5.09. The minimum atomic E-state index is -0.241. The van der Waals surface area contributed by atoms with Gasteiger partial charge in [0.2, 0.25) is 5.91 Å². The first kappa shape index (κ1) is 20.7. The summed E-state index contributed by atoms with van der Waals surface area (Å²) in [7, 11) is 0. The van der Waals surface area contributed by atoms with Crippen molar-refractivity contribution in [1.29, 1.82) is 0 Å². The van der Waals surface area contributed by atoms with Crippen LogP contribution in [0.15, 0.2) is 42.6 Å². The molecule has 0 spiro atoms. The van der Waals surface area contributed by atoms with E-state index in [1.165, 1.54) is 38.7 Å². The van der Waals surface area contributed by atoms with Gasteiger partial charge in [-0.15, -0.1) is 0 Å². The van der Waals surface area contributed by atoms with Crippen LogP contribution in [0.25, 0.3) is 10.9 Å². The molecule has 1 aromatic heterocycles. The Kier molecular flexibility index (Phi) is 6.24. The first-order valence-corrected chi connectivity index (χ1v) is 11.3. The number of nitrogens with two attached hydrogens (primary N) is 1. The van der Waals surface area contributed by atoms with Crippen molar-refractivity contribution in [2.75, 3.05) is 13.1 Å². The maximum absolute atomic E-state index is 11.8. The van der Waals surface area contributed by atoms with E-state index in [0.29, 0.717) is 6.54 Å². The smallest absolute Gasteiger partial charge is 0.231 e. The van der Waals surface area contributed by atoms with Crippen molar-refractivity contribution >= 4 is 16.8 Å². The van der Waals surface area contributed by atoms with Crippen molar-refractivity contribution in [3.05, 3.63) is 70.4 Å². The number of nitrogens with one attached hydrogen (secondary N) is 1. The highest BCUT2D eigenvalue weighted by molar-refractivity contribution is 5.83. The molecule has 4 rings (SSSR count). The maximum atomic E-state index is 11.8. The van der Waals surface area contributed by atoms with E-state index in [1.807, 2.05) is 0 Å². The number of amides is 1. The van der Waals surface area contributed by atoms with E-state index in [-0.39, 0.29) is 11.9 Å². The van der Waals surface area contributed by atoms with Gasteiger partial charge in [0.1, 0.15) is 0 Å². The SMILES string of the molecule is CCCc1cc2c(cc1CC)CCN(CC(N)=O)C2CCc1c[nH]c2ccccc12. The summed E-state index contributed by atoms with van der Waals surface area (Å²) in [6.07, 6.45) is 8.42. The Hall–Kier alpha value is -2.59. The number of H-pyrrole nitrogens is 1. The van der Waals surface area contributed by atoms with Crippen LogP contribution in [0.5, 0.6) is 0 Å². The highest BCUT2D eigenvalue weighted by Crippen LogP contribution is 2.36. The Labute approximate surface area is 179 Å². The number of nitrogens with zero attached hydrogens (tertiary/aromatic N) is 1. The van der Waals surface area contributed by atoms with Crippen LogP contribution in [-0.4, -0.2) is 28.9 Å². The Morgan fingerprint density at radius 2 is 1.97 bits per heavy atom. The number of aryl methyl sites for hydroxylation is 3. The maximum Gasteiger partial charge on any atom is 0.231 e. The van der Waals surface area contributed by atoms with E-state index < -0.39 is 0 Å². The second-order valence-electron chi connectivity index (χ2n) is 8.52. The number of benzene rings is 2. The molecular formula is C26H33N3O. The molecule has 158 valence electrons. The molecule has 3 aromatic rings. The minimum absolute atomic E-state index is 0.233. The molecule has 3 N–H and O–H groups in total. The third kappa shape index (κ3) is 4.15. The molecule has 1 amide bonds. The van der Waals surface area contributed by atoms with Gasteiger partial charge in [-0.1, -0.05) is 50.6 Å². The number of hydrogen-bond donors (Lipinski definition) is 2. The third-order valence-electron chi connectivity index (χ3n) is 6.55. The van der Waals surface area contributed by atoms with Crippen LogP contribution < -0.4 is 5.73 Å². The Balaban J connectivity index is 1.67. The van der Waals surface area contributed by atoms with E-state index in [4.69, 9.17) is 5.73 Å². The lowest BCUT2D eigenvalue weighted by Gasteiger charge is -2.37. The first-order chi connectivity index (χ1) is 14.6. The van der Waals surface area contributed by atoms with Gasteiger partial charge in [-0.25, -0.2) is 0 Å². The quantitative estimate of drug-likeness (QED) is 0.573. The third-order valence-corrected chi connectivity index (χ3v) is 6.55. The van der Waals surface area contributed by atoms with E-state index >= 15 is 0 Å². The molecule has 4 nitrogen and oxygen atoms in total. The topological polar surface area (TPSA) is 62.1 Å². The highest BCUT2D eigenvalue weighted by Gasteiger charge is 2.29. The Morgan fingerprint density at radius 1 is 1.13 bits per heavy atom. The van der Waals surface area contributed by atoms with Crippen molar-refractivity contribution in [3.8, 4) is 0 Å². The molecule has 0 saturated carbocycles. The molecule has 0 radical (unpaired) electrons. The summed E-state index contributed by atoms with van der Waals surface area (Å²) >= 11 is 0. The standard InChI is InChI=1S/C26H33N3O/c1-3-7-19-15-23-20(14-18(19)4-2)12-13-29(17-26(27)30)25(23)11-10-21-16-28-24-9-6-5-8-22(21)24/h5-6,8-9,14-16,25,28H,3-4,7,10-13,17H2,1-2H3,(H2,27,30). The lowest BCUT2D eigenvalue weighted by atomic mass is 9.84. The summed E-state index contributed by atoms with van der Waals surface area (Å²) in [5.74, 6) is -0.241. The van der Waals surface area contributed by atoms with Gasteiger partial charge in [-0.05, 0) is 66.0 Å². The van der Waals surface area contributed by atoms with Gasteiger partial charge in [0, 0.05) is 29.7 Å². The normalized spacial score (nSPS) is 16.7. The zero-order valence-corrected chi connectivity index (χ0v) is 18.2. The minimum Gasteiger partial charge on any atom is -0.369 e. The summed E-state index contributed by atoms with van der Waals surface area (Å²) in [6, 6.07) is 13.6. The largest absolute Gasteiger partial charge is 0.369 e. The van der Waals surface area contributed by atoms with Crippen LogP contribution in [0.1, 0.15) is 60.5 Å². The zero-order valence-electron chi connectivity index (χ0n) is 18.2. The second-order valence-corrected chi connectivity index (χ2v) is 8.52. The van der Waals surface area contributed by atoms with Crippen molar-refractivity contribution in [3.63, 3.8) is 0 Å². The second kappa shape index (κ2) is 9.05. The van der Waals surface area contributed by atoms with Gasteiger partial charge < -0.3 is 10.7 Å². The molecule has 2 heterocycles. The number of primary amides is 1. The van der Waals surface area contributed by atoms with E-state index in [0.717, 1.165) is 45.1 Å². The Bertz CT molecular complexity index is 1040. The molecule has 2 aromatic carbocycles. The molecule has 0 bridgehead atoms. The summed E-state index contributed by atoms with van der Waals surface area (Å²) < 4.78 is 0.